The molecule has 1 aliphatic rings. The van der Waals surface area contributed by atoms with E-state index in [1.54, 1.807) is 0 Å². The molecular formula is C14H18N4O2. The molecule has 0 amide bonds. The van der Waals surface area contributed by atoms with E-state index in [4.69, 9.17) is 9.63 Å². The third kappa shape index (κ3) is 2.75. The quantitative estimate of drug-likeness (QED) is 0.865. The van der Waals surface area contributed by atoms with Gasteiger partial charge in [-0.25, -0.2) is 0 Å². The van der Waals surface area contributed by atoms with Crippen molar-refractivity contribution in [2.24, 2.45) is 0 Å². The van der Waals surface area contributed by atoms with Crippen molar-refractivity contribution >= 4 is 11.6 Å². The van der Waals surface area contributed by atoms with Gasteiger partial charge in [-0.3, -0.25) is 0 Å². The molecule has 6 nitrogen and oxygen atoms in total. The van der Waals surface area contributed by atoms with Crippen LogP contribution in [0.2, 0.25) is 0 Å². The molecule has 1 aromatic carbocycles. The van der Waals surface area contributed by atoms with E-state index in [0.717, 1.165) is 24.3 Å². The maximum Gasteiger partial charge on any atom is 0.266 e. The molecule has 3 rings (SSSR count). The molecule has 0 radical (unpaired) electrons. The number of hydrogen-bond donors (Lipinski definition) is 2. The topological polar surface area (TPSA) is 74.4 Å². The smallest absolute Gasteiger partial charge is 0.266 e. The van der Waals surface area contributed by atoms with E-state index in [9.17, 15) is 0 Å². The van der Waals surface area contributed by atoms with E-state index in [1.807, 2.05) is 24.3 Å². The molecule has 1 aliphatic heterocycles. The van der Waals surface area contributed by atoms with Crippen molar-refractivity contribution in [1.82, 2.24) is 10.1 Å². The summed E-state index contributed by atoms with van der Waals surface area (Å²) in [5.74, 6) is 1.22. The number of benzene rings is 1. The zero-order chi connectivity index (χ0) is 13.8. The van der Waals surface area contributed by atoms with Crippen LogP contribution in [0.25, 0.3) is 11.5 Å². The summed E-state index contributed by atoms with van der Waals surface area (Å²) in [7, 11) is 0. The Kier molecular flexibility index (Phi) is 3.83. The molecule has 2 heterocycles. The first-order valence-electron chi connectivity index (χ1n) is 6.90. The van der Waals surface area contributed by atoms with Crippen LogP contribution in [0.3, 0.4) is 0 Å². The van der Waals surface area contributed by atoms with E-state index < -0.39 is 0 Å². The Bertz CT molecular complexity index is 547. The largest absolute Gasteiger partial charge is 0.395 e. The molecule has 2 aromatic rings. The minimum absolute atomic E-state index is 0.116. The summed E-state index contributed by atoms with van der Waals surface area (Å²) in [5.41, 5.74) is 1.86. The first-order chi connectivity index (χ1) is 9.86. The van der Waals surface area contributed by atoms with Crippen LogP contribution >= 0.6 is 0 Å². The van der Waals surface area contributed by atoms with E-state index >= 15 is 0 Å². The molecule has 1 aromatic heterocycles. The predicted octanol–water partition coefficient (Wildman–Crippen LogP) is 1.74. The van der Waals surface area contributed by atoms with Gasteiger partial charge >= 0.3 is 0 Å². The Hall–Kier alpha value is -2.08. The second-order valence-electron chi connectivity index (χ2n) is 4.82. The molecule has 20 heavy (non-hydrogen) atoms. The van der Waals surface area contributed by atoms with Crippen LogP contribution in [0.15, 0.2) is 28.8 Å². The van der Waals surface area contributed by atoms with Crippen molar-refractivity contribution in [2.75, 3.05) is 36.5 Å². The SMILES string of the molecule is OCCNc1ccc(-c2nc(N3CCCC3)no2)cc1. The Morgan fingerprint density at radius 2 is 1.95 bits per heavy atom. The lowest BCUT2D eigenvalue weighted by atomic mass is 10.2. The molecule has 1 saturated heterocycles. The third-order valence-corrected chi connectivity index (χ3v) is 3.38. The normalized spacial score (nSPS) is 14.8. The van der Waals surface area contributed by atoms with Gasteiger partial charge in [0.05, 0.1) is 6.61 Å². The van der Waals surface area contributed by atoms with Gasteiger partial charge < -0.3 is 19.8 Å². The van der Waals surface area contributed by atoms with Crippen LogP contribution < -0.4 is 10.2 Å². The van der Waals surface area contributed by atoms with Crippen LogP contribution in [0.5, 0.6) is 0 Å². The second kappa shape index (κ2) is 5.92. The summed E-state index contributed by atoms with van der Waals surface area (Å²) in [6, 6.07) is 7.73. The highest BCUT2D eigenvalue weighted by Gasteiger charge is 2.18. The molecule has 0 saturated carbocycles. The van der Waals surface area contributed by atoms with E-state index in [1.165, 1.54) is 12.8 Å². The van der Waals surface area contributed by atoms with Crippen LogP contribution in [-0.4, -0.2) is 41.5 Å². The first-order valence-corrected chi connectivity index (χ1v) is 6.90. The van der Waals surface area contributed by atoms with Gasteiger partial charge in [0.2, 0.25) is 0 Å². The van der Waals surface area contributed by atoms with Crippen LogP contribution in [0.1, 0.15) is 12.8 Å². The number of rotatable bonds is 5. The monoisotopic (exact) mass is 274 g/mol. The van der Waals surface area contributed by atoms with Crippen molar-refractivity contribution in [3.05, 3.63) is 24.3 Å². The molecule has 1 fully saturated rings. The highest BCUT2D eigenvalue weighted by atomic mass is 16.5. The number of anilines is 2. The Morgan fingerprint density at radius 1 is 1.20 bits per heavy atom. The maximum atomic E-state index is 8.77. The summed E-state index contributed by atoms with van der Waals surface area (Å²) in [5, 5.41) is 15.9. The summed E-state index contributed by atoms with van der Waals surface area (Å²) >= 11 is 0. The fraction of sp³-hybridized carbons (Fsp3) is 0.429. The van der Waals surface area contributed by atoms with Gasteiger partial charge in [-0.2, -0.15) is 4.98 Å². The van der Waals surface area contributed by atoms with Crippen molar-refractivity contribution in [3.8, 4) is 11.5 Å². The molecule has 0 spiro atoms. The second-order valence-corrected chi connectivity index (χ2v) is 4.82. The molecule has 0 atom stereocenters. The van der Waals surface area contributed by atoms with Gasteiger partial charge in [-0.1, -0.05) is 0 Å². The molecule has 6 heteroatoms. The maximum absolute atomic E-state index is 8.77. The highest BCUT2D eigenvalue weighted by Crippen LogP contribution is 2.23. The molecule has 0 bridgehead atoms. The fourth-order valence-corrected chi connectivity index (χ4v) is 2.31. The van der Waals surface area contributed by atoms with E-state index in [2.05, 4.69) is 20.4 Å². The zero-order valence-corrected chi connectivity index (χ0v) is 11.2. The van der Waals surface area contributed by atoms with E-state index in [-0.39, 0.29) is 6.61 Å². The minimum atomic E-state index is 0.116. The average molecular weight is 274 g/mol. The van der Waals surface area contributed by atoms with Crippen LogP contribution in [0.4, 0.5) is 11.6 Å². The lowest BCUT2D eigenvalue weighted by Gasteiger charge is -2.09. The number of nitrogens with one attached hydrogen (secondary N) is 1. The minimum Gasteiger partial charge on any atom is -0.395 e. The number of aliphatic hydroxyl groups excluding tert-OH is 1. The molecular weight excluding hydrogens is 256 g/mol. The Labute approximate surface area is 117 Å². The van der Waals surface area contributed by atoms with Gasteiger partial charge in [-0.05, 0) is 42.3 Å². The number of aromatic nitrogens is 2. The molecule has 106 valence electrons. The third-order valence-electron chi connectivity index (χ3n) is 3.38. The number of hydrogen-bond acceptors (Lipinski definition) is 6. The predicted molar refractivity (Wildman–Crippen MR) is 76.8 cm³/mol. The van der Waals surface area contributed by atoms with Crippen LogP contribution in [0, 0.1) is 0 Å². The molecule has 0 unspecified atom stereocenters. The Balaban J connectivity index is 1.72. The van der Waals surface area contributed by atoms with Gasteiger partial charge in [0.25, 0.3) is 11.8 Å². The average Bonchev–Trinajstić information content (AvgIpc) is 3.16. The fourth-order valence-electron chi connectivity index (χ4n) is 2.31. The van der Waals surface area contributed by atoms with Crippen LogP contribution in [-0.2, 0) is 0 Å². The summed E-state index contributed by atoms with van der Waals surface area (Å²) < 4.78 is 5.32. The highest BCUT2D eigenvalue weighted by molar-refractivity contribution is 5.59. The number of nitrogens with zero attached hydrogens (tertiary/aromatic N) is 3. The summed E-state index contributed by atoms with van der Waals surface area (Å²) in [6.07, 6.45) is 2.38. The molecule has 2 N–H and O–H groups in total. The lowest BCUT2D eigenvalue weighted by molar-refractivity contribution is 0.311. The van der Waals surface area contributed by atoms with Crippen molar-refractivity contribution < 1.29 is 9.63 Å². The standard InChI is InChI=1S/C14H18N4O2/c19-10-7-15-12-5-3-11(4-6-12)13-16-14(17-20-13)18-8-1-2-9-18/h3-6,15,19H,1-2,7-10H2. The summed E-state index contributed by atoms with van der Waals surface area (Å²) in [4.78, 5) is 6.59. The Morgan fingerprint density at radius 3 is 2.65 bits per heavy atom. The van der Waals surface area contributed by atoms with Crippen molar-refractivity contribution in [2.45, 2.75) is 12.8 Å². The first kappa shape index (κ1) is 12.9. The lowest BCUT2D eigenvalue weighted by Crippen LogP contribution is -2.18. The van der Waals surface area contributed by atoms with Gasteiger partial charge in [-0.15, -0.1) is 0 Å². The number of aliphatic hydroxyl groups is 1. The molecule has 0 aliphatic carbocycles. The van der Waals surface area contributed by atoms with Crippen molar-refractivity contribution in [3.63, 3.8) is 0 Å². The van der Waals surface area contributed by atoms with Gasteiger partial charge in [0.15, 0.2) is 0 Å². The van der Waals surface area contributed by atoms with Gasteiger partial charge in [0.1, 0.15) is 0 Å². The van der Waals surface area contributed by atoms with E-state index in [0.29, 0.717) is 18.4 Å². The van der Waals surface area contributed by atoms with Gasteiger partial charge in [0, 0.05) is 30.9 Å². The summed E-state index contributed by atoms with van der Waals surface area (Å²) in [6.45, 7) is 2.66. The zero-order valence-electron chi connectivity index (χ0n) is 11.2. The van der Waals surface area contributed by atoms with Crippen molar-refractivity contribution in [1.29, 1.82) is 0 Å².